The summed E-state index contributed by atoms with van der Waals surface area (Å²) in [5.41, 5.74) is 0.366. The number of amides is 1. The Morgan fingerprint density at radius 1 is 1.15 bits per heavy atom. The highest BCUT2D eigenvalue weighted by molar-refractivity contribution is 7.89. The Labute approximate surface area is 200 Å². The number of carbonyl (C=O) groups excluding carboxylic acids is 1. The van der Waals surface area contributed by atoms with Gasteiger partial charge < -0.3 is 19.5 Å². The molecule has 1 N–H and O–H groups in total. The Bertz CT molecular complexity index is 1140. The van der Waals surface area contributed by atoms with Gasteiger partial charge in [-0.25, -0.2) is 13.4 Å². The number of sulfonamides is 1. The van der Waals surface area contributed by atoms with E-state index in [2.05, 4.69) is 15.2 Å². The van der Waals surface area contributed by atoms with Crippen LogP contribution >= 0.6 is 0 Å². The maximum atomic E-state index is 12.7. The summed E-state index contributed by atoms with van der Waals surface area (Å²) in [5, 5.41) is 2.76. The first kappa shape index (κ1) is 25.9. The van der Waals surface area contributed by atoms with Crippen LogP contribution in [0.1, 0.15) is 33.3 Å². The SMILES string of the molecule is CCN(CC)S(=O)(=O)c1ccc(=O)n(CC(=O)NCc2ccc(N3CC(C)OC(C)C3)nc2)c1. The molecule has 1 aliphatic rings. The van der Waals surface area contributed by atoms with Crippen LogP contribution in [0.4, 0.5) is 5.82 Å². The third-order valence-electron chi connectivity index (χ3n) is 5.66. The van der Waals surface area contributed by atoms with Crippen molar-refractivity contribution in [2.75, 3.05) is 31.1 Å². The van der Waals surface area contributed by atoms with E-state index >= 15 is 0 Å². The fourth-order valence-corrected chi connectivity index (χ4v) is 5.46. The number of nitrogens with one attached hydrogen (secondary N) is 1. The number of hydrogen-bond acceptors (Lipinski definition) is 7. The van der Waals surface area contributed by atoms with Gasteiger partial charge in [0.15, 0.2) is 0 Å². The molecule has 2 unspecified atom stereocenters. The highest BCUT2D eigenvalue weighted by Crippen LogP contribution is 2.18. The molecule has 1 aliphatic heterocycles. The standard InChI is InChI=1S/C23H33N5O5S/c1-5-28(6-2)34(31,32)20-8-10-23(30)27(15-20)16-22(29)25-12-19-7-9-21(24-11-19)26-13-17(3)33-18(4)14-26/h7-11,15,17-18H,5-6,12-14,16H2,1-4H3,(H,25,29). The molecule has 2 atom stereocenters. The van der Waals surface area contributed by atoms with Gasteiger partial charge >= 0.3 is 0 Å². The predicted molar refractivity (Wildman–Crippen MR) is 129 cm³/mol. The predicted octanol–water partition coefficient (Wildman–Crippen LogP) is 1.20. The van der Waals surface area contributed by atoms with E-state index in [1.54, 1.807) is 20.0 Å². The average molecular weight is 492 g/mol. The maximum Gasteiger partial charge on any atom is 0.251 e. The Morgan fingerprint density at radius 3 is 2.41 bits per heavy atom. The van der Waals surface area contributed by atoms with Crippen LogP contribution in [0.15, 0.2) is 46.3 Å². The minimum absolute atomic E-state index is 0.0184. The molecule has 10 nitrogen and oxygen atoms in total. The van der Waals surface area contributed by atoms with Crippen LogP contribution in [0.5, 0.6) is 0 Å². The highest BCUT2D eigenvalue weighted by atomic mass is 32.2. The lowest BCUT2D eigenvalue weighted by Crippen LogP contribution is -2.45. The molecule has 0 aromatic carbocycles. The van der Waals surface area contributed by atoms with E-state index in [9.17, 15) is 18.0 Å². The Morgan fingerprint density at radius 2 is 1.82 bits per heavy atom. The van der Waals surface area contributed by atoms with Crippen LogP contribution in [0.2, 0.25) is 0 Å². The van der Waals surface area contributed by atoms with Crippen LogP contribution in [-0.4, -0.2) is 66.6 Å². The smallest absolute Gasteiger partial charge is 0.251 e. The molecule has 34 heavy (non-hydrogen) atoms. The molecule has 0 aliphatic carbocycles. The van der Waals surface area contributed by atoms with Crippen molar-refractivity contribution in [1.82, 2.24) is 19.2 Å². The zero-order valence-corrected chi connectivity index (χ0v) is 20.9. The number of morpholine rings is 1. The molecule has 0 radical (unpaired) electrons. The number of pyridine rings is 2. The van der Waals surface area contributed by atoms with Gasteiger partial charge in [0, 0.05) is 51.2 Å². The van der Waals surface area contributed by atoms with E-state index in [0.29, 0.717) is 13.1 Å². The van der Waals surface area contributed by atoms with Crippen molar-refractivity contribution in [1.29, 1.82) is 0 Å². The lowest BCUT2D eigenvalue weighted by Gasteiger charge is -2.36. The van der Waals surface area contributed by atoms with E-state index in [1.165, 1.54) is 22.6 Å². The van der Waals surface area contributed by atoms with Crippen molar-refractivity contribution < 1.29 is 17.9 Å². The van der Waals surface area contributed by atoms with E-state index < -0.39 is 21.5 Å². The summed E-state index contributed by atoms with van der Waals surface area (Å²) in [4.78, 5) is 31.3. The summed E-state index contributed by atoms with van der Waals surface area (Å²) in [6.07, 6.45) is 3.20. The molecule has 11 heteroatoms. The minimum atomic E-state index is -3.73. The molecule has 3 rings (SSSR count). The number of ether oxygens (including phenoxy) is 1. The van der Waals surface area contributed by atoms with Gasteiger partial charge in [-0.2, -0.15) is 4.31 Å². The molecule has 1 amide bonds. The fourth-order valence-electron chi connectivity index (χ4n) is 3.98. The van der Waals surface area contributed by atoms with Crippen molar-refractivity contribution in [3.05, 3.63) is 52.6 Å². The molecule has 2 aromatic heterocycles. The number of carbonyl (C=O) groups is 1. The average Bonchev–Trinajstić information content (AvgIpc) is 2.79. The Hall–Kier alpha value is -2.76. The zero-order valence-electron chi connectivity index (χ0n) is 20.1. The second-order valence-corrected chi connectivity index (χ2v) is 10.3. The summed E-state index contributed by atoms with van der Waals surface area (Å²) >= 11 is 0. The number of anilines is 1. The topological polar surface area (TPSA) is 114 Å². The largest absolute Gasteiger partial charge is 0.372 e. The van der Waals surface area contributed by atoms with Crippen LogP contribution in [0, 0.1) is 0 Å². The van der Waals surface area contributed by atoms with Crippen LogP contribution < -0.4 is 15.8 Å². The van der Waals surface area contributed by atoms with Gasteiger partial charge in [0.1, 0.15) is 12.4 Å². The minimum Gasteiger partial charge on any atom is -0.372 e. The first-order valence-electron chi connectivity index (χ1n) is 11.5. The fraction of sp³-hybridized carbons (Fsp3) is 0.522. The zero-order chi connectivity index (χ0) is 24.9. The monoisotopic (exact) mass is 491 g/mol. The molecule has 186 valence electrons. The molecule has 1 fully saturated rings. The van der Waals surface area contributed by atoms with Crippen molar-refractivity contribution in [2.45, 2.75) is 57.9 Å². The molecule has 0 bridgehead atoms. The van der Waals surface area contributed by atoms with Gasteiger partial charge in [0.05, 0.1) is 17.1 Å². The Balaban J connectivity index is 1.61. The van der Waals surface area contributed by atoms with Crippen molar-refractivity contribution in [3.63, 3.8) is 0 Å². The van der Waals surface area contributed by atoms with E-state index in [1.807, 2.05) is 26.0 Å². The third-order valence-corrected chi connectivity index (χ3v) is 7.69. The number of hydrogen-bond donors (Lipinski definition) is 1. The molecule has 3 heterocycles. The van der Waals surface area contributed by atoms with Gasteiger partial charge in [-0.1, -0.05) is 19.9 Å². The first-order chi connectivity index (χ1) is 16.1. The highest BCUT2D eigenvalue weighted by Gasteiger charge is 2.24. The molecule has 0 spiro atoms. The second kappa shape index (κ2) is 11.1. The maximum absolute atomic E-state index is 12.7. The Kier molecular flexibility index (Phi) is 8.45. The molecular formula is C23H33N5O5S. The number of rotatable bonds is 9. The van der Waals surface area contributed by atoms with E-state index in [4.69, 9.17) is 4.74 Å². The summed E-state index contributed by atoms with van der Waals surface area (Å²) in [6.45, 7) is 9.69. The summed E-state index contributed by atoms with van der Waals surface area (Å²) in [5.74, 6) is 0.453. The van der Waals surface area contributed by atoms with E-state index in [0.717, 1.165) is 29.0 Å². The number of aromatic nitrogens is 2. The molecule has 2 aromatic rings. The molecule has 1 saturated heterocycles. The second-order valence-electron chi connectivity index (χ2n) is 8.38. The van der Waals surface area contributed by atoms with Crippen LogP contribution in [-0.2, 0) is 32.6 Å². The summed E-state index contributed by atoms with van der Waals surface area (Å²) < 4.78 is 33.6. The molecular weight excluding hydrogens is 458 g/mol. The van der Waals surface area contributed by atoms with Gasteiger partial charge in [-0.05, 0) is 31.5 Å². The third kappa shape index (κ3) is 6.22. The normalized spacial score (nSPS) is 18.8. The quantitative estimate of drug-likeness (QED) is 0.561. The van der Waals surface area contributed by atoms with Gasteiger partial charge in [0.2, 0.25) is 15.9 Å². The summed E-state index contributed by atoms with van der Waals surface area (Å²) in [7, 11) is -3.73. The van der Waals surface area contributed by atoms with E-state index in [-0.39, 0.29) is 30.2 Å². The van der Waals surface area contributed by atoms with Crippen molar-refractivity contribution in [3.8, 4) is 0 Å². The summed E-state index contributed by atoms with van der Waals surface area (Å²) in [6, 6.07) is 6.25. The molecule has 0 saturated carbocycles. The first-order valence-corrected chi connectivity index (χ1v) is 12.9. The van der Waals surface area contributed by atoms with Gasteiger partial charge in [0.25, 0.3) is 5.56 Å². The van der Waals surface area contributed by atoms with Crippen molar-refractivity contribution in [2.24, 2.45) is 0 Å². The van der Waals surface area contributed by atoms with Crippen LogP contribution in [0.3, 0.4) is 0 Å². The lowest BCUT2D eigenvalue weighted by atomic mass is 10.2. The van der Waals surface area contributed by atoms with Gasteiger partial charge in [-0.15, -0.1) is 0 Å². The lowest BCUT2D eigenvalue weighted by molar-refractivity contribution is -0.121. The van der Waals surface area contributed by atoms with Gasteiger partial charge in [-0.3, -0.25) is 9.59 Å². The van der Waals surface area contributed by atoms with Crippen LogP contribution in [0.25, 0.3) is 0 Å². The number of nitrogens with zero attached hydrogens (tertiary/aromatic N) is 4. The van der Waals surface area contributed by atoms with Crippen molar-refractivity contribution >= 4 is 21.7 Å².